The summed E-state index contributed by atoms with van der Waals surface area (Å²) < 4.78 is 0. The van der Waals surface area contributed by atoms with E-state index >= 15 is 0 Å². The van der Waals surface area contributed by atoms with Crippen LogP contribution in [0.2, 0.25) is 0 Å². The summed E-state index contributed by atoms with van der Waals surface area (Å²) in [4.78, 5) is 22.3. The third-order valence-corrected chi connectivity index (χ3v) is 4.37. The number of nitrogens with one attached hydrogen (secondary N) is 1. The van der Waals surface area contributed by atoms with Crippen LogP contribution in [0.5, 0.6) is 0 Å². The van der Waals surface area contributed by atoms with Gasteiger partial charge in [0.05, 0.1) is 11.9 Å². The molecule has 25 heavy (non-hydrogen) atoms. The zero-order valence-corrected chi connectivity index (χ0v) is 14.9. The van der Waals surface area contributed by atoms with E-state index in [2.05, 4.69) is 51.2 Å². The van der Waals surface area contributed by atoms with Crippen molar-refractivity contribution in [1.29, 1.82) is 0 Å². The van der Waals surface area contributed by atoms with Crippen LogP contribution in [0.3, 0.4) is 0 Å². The molecule has 3 heterocycles. The summed E-state index contributed by atoms with van der Waals surface area (Å²) in [6.07, 6.45) is 6.30. The fraction of sp³-hybridized carbons (Fsp3) is 0.500. The molecular formula is C18H24N6O. The number of carbonyl (C=O) groups excluding carboxylic acids is 1. The second-order valence-electron chi connectivity index (χ2n) is 7.35. The zero-order chi connectivity index (χ0) is 17.9. The Morgan fingerprint density at radius 1 is 1.16 bits per heavy atom. The van der Waals surface area contributed by atoms with Crippen molar-refractivity contribution in [1.82, 2.24) is 25.5 Å². The molecule has 0 spiro atoms. The summed E-state index contributed by atoms with van der Waals surface area (Å²) >= 11 is 0. The minimum Gasteiger partial charge on any atom is -0.355 e. The maximum atomic E-state index is 12.1. The number of piperidine rings is 1. The van der Waals surface area contributed by atoms with Gasteiger partial charge in [0.15, 0.2) is 5.82 Å². The van der Waals surface area contributed by atoms with Gasteiger partial charge in [0.2, 0.25) is 0 Å². The molecule has 0 saturated carbocycles. The number of anilines is 1. The van der Waals surface area contributed by atoms with Crippen molar-refractivity contribution in [3.63, 3.8) is 0 Å². The van der Waals surface area contributed by atoms with Crippen molar-refractivity contribution in [3.05, 3.63) is 42.1 Å². The number of nitrogens with zero attached hydrogens (tertiary/aromatic N) is 5. The van der Waals surface area contributed by atoms with E-state index in [0.29, 0.717) is 5.69 Å². The summed E-state index contributed by atoms with van der Waals surface area (Å²) in [6, 6.07) is 4.23. The van der Waals surface area contributed by atoms with Crippen molar-refractivity contribution in [2.45, 2.75) is 45.1 Å². The fourth-order valence-electron chi connectivity index (χ4n) is 2.82. The average molecular weight is 340 g/mol. The van der Waals surface area contributed by atoms with Crippen LogP contribution in [0.1, 0.15) is 49.8 Å². The highest BCUT2D eigenvalue weighted by atomic mass is 16.1. The molecule has 1 N–H and O–H groups in total. The summed E-state index contributed by atoms with van der Waals surface area (Å²) in [5.74, 6) is 0.729. The third-order valence-electron chi connectivity index (χ3n) is 4.37. The third kappa shape index (κ3) is 4.29. The highest BCUT2D eigenvalue weighted by molar-refractivity contribution is 5.92. The maximum Gasteiger partial charge on any atom is 0.271 e. The van der Waals surface area contributed by atoms with E-state index in [0.717, 1.165) is 37.4 Å². The summed E-state index contributed by atoms with van der Waals surface area (Å²) in [6.45, 7) is 8.07. The quantitative estimate of drug-likeness (QED) is 0.919. The van der Waals surface area contributed by atoms with Gasteiger partial charge in [-0.2, -0.15) is 5.10 Å². The number of hydrogen-bond donors (Lipinski definition) is 1. The van der Waals surface area contributed by atoms with Gasteiger partial charge in [0.25, 0.3) is 5.91 Å². The van der Waals surface area contributed by atoms with Gasteiger partial charge in [-0.1, -0.05) is 20.8 Å². The Balaban J connectivity index is 1.54. The number of amides is 1. The van der Waals surface area contributed by atoms with Gasteiger partial charge < -0.3 is 10.2 Å². The van der Waals surface area contributed by atoms with Crippen LogP contribution >= 0.6 is 0 Å². The zero-order valence-electron chi connectivity index (χ0n) is 14.9. The molecule has 1 aliphatic heterocycles. The fourth-order valence-corrected chi connectivity index (χ4v) is 2.82. The lowest BCUT2D eigenvalue weighted by Gasteiger charge is -2.33. The first-order valence-electron chi connectivity index (χ1n) is 8.59. The van der Waals surface area contributed by atoms with E-state index in [1.54, 1.807) is 6.20 Å². The lowest BCUT2D eigenvalue weighted by atomic mass is 9.92. The van der Waals surface area contributed by atoms with E-state index in [-0.39, 0.29) is 17.4 Å². The van der Waals surface area contributed by atoms with Crippen molar-refractivity contribution < 1.29 is 4.79 Å². The van der Waals surface area contributed by atoms with Crippen LogP contribution in [0.4, 0.5) is 5.82 Å². The van der Waals surface area contributed by atoms with Crippen LogP contribution in [-0.4, -0.2) is 45.2 Å². The van der Waals surface area contributed by atoms with Crippen molar-refractivity contribution in [3.8, 4) is 0 Å². The van der Waals surface area contributed by atoms with Gasteiger partial charge >= 0.3 is 0 Å². The monoisotopic (exact) mass is 340 g/mol. The smallest absolute Gasteiger partial charge is 0.271 e. The van der Waals surface area contributed by atoms with Gasteiger partial charge in [-0.25, -0.2) is 4.98 Å². The molecule has 0 bridgehead atoms. The Bertz CT molecular complexity index is 703. The number of rotatable bonds is 3. The molecule has 2 aromatic heterocycles. The molecule has 0 radical (unpaired) electrons. The Morgan fingerprint density at radius 3 is 2.48 bits per heavy atom. The van der Waals surface area contributed by atoms with E-state index in [1.807, 2.05) is 12.1 Å². The van der Waals surface area contributed by atoms with Gasteiger partial charge in [0.1, 0.15) is 5.69 Å². The topological polar surface area (TPSA) is 83.9 Å². The van der Waals surface area contributed by atoms with Crippen LogP contribution < -0.4 is 10.2 Å². The van der Waals surface area contributed by atoms with E-state index in [4.69, 9.17) is 0 Å². The molecule has 1 aliphatic rings. The van der Waals surface area contributed by atoms with E-state index in [1.165, 1.54) is 12.4 Å². The Labute approximate surface area is 147 Å². The van der Waals surface area contributed by atoms with Crippen molar-refractivity contribution >= 4 is 11.7 Å². The predicted octanol–water partition coefficient (Wildman–Crippen LogP) is 1.96. The van der Waals surface area contributed by atoms with Crippen LogP contribution in [0.15, 0.2) is 30.7 Å². The molecule has 0 aliphatic carbocycles. The minimum atomic E-state index is -0.166. The predicted molar refractivity (Wildman–Crippen MR) is 95.5 cm³/mol. The normalized spacial score (nSPS) is 15.9. The molecule has 2 aromatic rings. The first-order chi connectivity index (χ1) is 11.9. The molecule has 7 heteroatoms. The standard InChI is InChI=1S/C18H24N6O/c1-18(2,3)15-4-5-16(23-22-15)24-10-6-13(7-11-24)21-17(25)14-12-19-8-9-20-14/h4-5,8-9,12-13H,6-7,10-11H2,1-3H3,(H,21,25). The Morgan fingerprint density at radius 2 is 1.92 bits per heavy atom. The van der Waals surface area contributed by atoms with Crippen LogP contribution in [0.25, 0.3) is 0 Å². The van der Waals surface area contributed by atoms with Crippen LogP contribution in [-0.2, 0) is 5.41 Å². The number of aromatic nitrogens is 4. The molecule has 1 amide bonds. The molecule has 1 saturated heterocycles. The first kappa shape index (κ1) is 17.3. The molecule has 132 valence electrons. The summed E-state index contributed by atoms with van der Waals surface area (Å²) in [5.41, 5.74) is 1.35. The lowest BCUT2D eigenvalue weighted by Crippen LogP contribution is -2.45. The maximum absolute atomic E-state index is 12.1. The second kappa shape index (κ2) is 7.13. The summed E-state index contributed by atoms with van der Waals surface area (Å²) in [5, 5.41) is 11.8. The number of hydrogen-bond acceptors (Lipinski definition) is 6. The highest BCUT2D eigenvalue weighted by Crippen LogP contribution is 2.22. The second-order valence-corrected chi connectivity index (χ2v) is 7.35. The molecule has 0 aromatic carbocycles. The molecule has 0 atom stereocenters. The Kier molecular flexibility index (Phi) is 4.92. The highest BCUT2D eigenvalue weighted by Gasteiger charge is 2.23. The molecule has 1 fully saturated rings. The molecule has 0 unspecified atom stereocenters. The first-order valence-corrected chi connectivity index (χ1v) is 8.59. The van der Waals surface area contributed by atoms with Crippen molar-refractivity contribution in [2.75, 3.05) is 18.0 Å². The van der Waals surface area contributed by atoms with Gasteiger partial charge in [0, 0.05) is 36.9 Å². The van der Waals surface area contributed by atoms with E-state index in [9.17, 15) is 4.79 Å². The van der Waals surface area contributed by atoms with Crippen molar-refractivity contribution in [2.24, 2.45) is 0 Å². The van der Waals surface area contributed by atoms with Gasteiger partial charge in [-0.3, -0.25) is 9.78 Å². The lowest BCUT2D eigenvalue weighted by molar-refractivity contribution is 0.0925. The van der Waals surface area contributed by atoms with Gasteiger partial charge in [-0.05, 0) is 25.0 Å². The Hall–Kier alpha value is -2.57. The van der Waals surface area contributed by atoms with E-state index < -0.39 is 0 Å². The largest absolute Gasteiger partial charge is 0.355 e. The van der Waals surface area contributed by atoms with Crippen LogP contribution in [0, 0.1) is 0 Å². The minimum absolute atomic E-state index is 0.00311. The number of carbonyl (C=O) groups is 1. The molecule has 3 rings (SSSR count). The summed E-state index contributed by atoms with van der Waals surface area (Å²) in [7, 11) is 0. The SMILES string of the molecule is CC(C)(C)c1ccc(N2CCC(NC(=O)c3cnccn3)CC2)nn1. The molecule has 7 nitrogen and oxygen atoms in total. The average Bonchev–Trinajstić information content (AvgIpc) is 2.62. The molecular weight excluding hydrogens is 316 g/mol. The van der Waals surface area contributed by atoms with Gasteiger partial charge in [-0.15, -0.1) is 5.10 Å².